The first-order valence-corrected chi connectivity index (χ1v) is 10.1. The van der Waals surface area contributed by atoms with Crippen LogP contribution in [0.15, 0.2) is 29.1 Å². The number of nitrogen functional groups attached to an aromatic ring is 1. The molecule has 180 valence electrons. The topological polar surface area (TPSA) is 225 Å². The molecule has 2 aromatic rings. The van der Waals surface area contributed by atoms with Crippen molar-refractivity contribution in [1.29, 1.82) is 0 Å². The summed E-state index contributed by atoms with van der Waals surface area (Å²) in [7, 11) is 0. The van der Waals surface area contributed by atoms with Crippen LogP contribution in [-0.4, -0.2) is 97.1 Å². The summed E-state index contributed by atoms with van der Waals surface area (Å²) in [5.74, 6) is -3.63. The maximum Gasteiger partial charge on any atom is 2.00 e. The first-order valence-electron chi connectivity index (χ1n) is 10.1. The maximum absolute atomic E-state index is 12.3. The molecule has 1 aromatic carbocycles. The number of amides is 2. The second-order valence-electron chi connectivity index (χ2n) is 7.41. The Morgan fingerprint density at radius 3 is 2.54 bits per heavy atom. The Balaban J connectivity index is 0.00000432. The van der Waals surface area contributed by atoms with E-state index in [-0.39, 0.29) is 73.7 Å². The number of hydrogen-bond donors (Lipinski definition) is 5. The van der Waals surface area contributed by atoms with E-state index in [0.29, 0.717) is 18.6 Å². The number of aromatic nitrogens is 2. The van der Waals surface area contributed by atoms with Crippen molar-refractivity contribution >= 4 is 85.1 Å². The number of aromatic amines is 1. The smallest absolute Gasteiger partial charge is 0.550 e. The van der Waals surface area contributed by atoms with Gasteiger partial charge in [0.2, 0.25) is 12.4 Å². The molecule has 0 fully saturated rings. The number of carboxylic acid groups (broad SMARTS) is 2. The van der Waals surface area contributed by atoms with E-state index in [1.807, 2.05) is 0 Å². The molecule has 2 amide bonds. The Labute approximate surface area is 228 Å². The molecule has 3 rings (SSSR count). The summed E-state index contributed by atoms with van der Waals surface area (Å²) in [5, 5.41) is 29.9. The predicted octanol–water partition coefficient (Wildman–Crippen LogP) is -3.78. The summed E-state index contributed by atoms with van der Waals surface area (Å²) in [6.45, 7) is 0.544. The fraction of sp³-hybridized carbons (Fsp3) is 0.300. The van der Waals surface area contributed by atoms with Gasteiger partial charge < -0.3 is 46.4 Å². The van der Waals surface area contributed by atoms with Gasteiger partial charge in [-0.1, -0.05) is 0 Å². The summed E-state index contributed by atoms with van der Waals surface area (Å²) in [6.07, 6.45) is -0.386. The van der Waals surface area contributed by atoms with Crippen molar-refractivity contribution in [1.82, 2.24) is 15.3 Å². The molecule has 0 saturated heterocycles. The number of nitrogens with zero attached hydrogens (tertiary/aromatic N) is 2. The first kappa shape index (κ1) is 27.9. The second kappa shape index (κ2) is 12.4. The number of nitrogens with two attached hydrogens (primary N) is 1. The zero-order chi connectivity index (χ0) is 24.8. The van der Waals surface area contributed by atoms with Gasteiger partial charge in [-0.15, -0.1) is 0 Å². The van der Waals surface area contributed by atoms with Gasteiger partial charge >= 0.3 is 37.7 Å². The van der Waals surface area contributed by atoms with Crippen LogP contribution in [0.3, 0.4) is 0 Å². The van der Waals surface area contributed by atoms with Crippen LogP contribution in [-0.2, 0) is 14.4 Å². The number of benzene rings is 1. The van der Waals surface area contributed by atoms with E-state index >= 15 is 0 Å². The van der Waals surface area contributed by atoms with Gasteiger partial charge in [0.05, 0.1) is 18.1 Å². The van der Waals surface area contributed by atoms with Crippen molar-refractivity contribution < 1.29 is 29.4 Å². The predicted molar refractivity (Wildman–Crippen MR) is 121 cm³/mol. The molecule has 6 N–H and O–H groups in total. The molecule has 1 aliphatic heterocycles. The molecule has 35 heavy (non-hydrogen) atoms. The third-order valence-corrected chi connectivity index (χ3v) is 5.10. The van der Waals surface area contributed by atoms with Crippen molar-refractivity contribution in [2.45, 2.75) is 24.9 Å². The number of anilines is 4. The van der Waals surface area contributed by atoms with Gasteiger partial charge in [-0.2, -0.15) is 4.98 Å². The zero-order valence-corrected chi connectivity index (χ0v) is 20.6. The molecule has 0 spiro atoms. The normalized spacial score (nSPS) is 15.0. The van der Waals surface area contributed by atoms with Crippen molar-refractivity contribution in [2.24, 2.45) is 0 Å². The summed E-state index contributed by atoms with van der Waals surface area (Å²) >= 11 is 0. The van der Waals surface area contributed by atoms with Crippen molar-refractivity contribution in [2.75, 3.05) is 34.4 Å². The number of H-pyrrole nitrogens is 1. The molecule has 0 bridgehead atoms. The van der Waals surface area contributed by atoms with Gasteiger partial charge in [0, 0.05) is 30.3 Å². The monoisotopic (exact) mass is 511 g/mol. The molecule has 1 aromatic heterocycles. The summed E-state index contributed by atoms with van der Waals surface area (Å²) < 4.78 is 0. The number of fused-ring (bicyclic) bond motifs is 1. The van der Waals surface area contributed by atoms with Crippen molar-refractivity contribution in [3.05, 3.63) is 40.2 Å². The minimum absolute atomic E-state index is 0. The third kappa shape index (κ3) is 7.07. The number of carbonyl (C=O) groups is 4. The van der Waals surface area contributed by atoms with Crippen molar-refractivity contribution in [3.63, 3.8) is 0 Å². The number of carbonyl (C=O) groups excluding carboxylic acids is 4. The van der Waals surface area contributed by atoms with Crippen LogP contribution in [0, 0.1) is 0 Å². The van der Waals surface area contributed by atoms with E-state index < -0.39 is 41.9 Å². The van der Waals surface area contributed by atoms with Crippen LogP contribution < -0.4 is 42.4 Å². The first-order chi connectivity index (χ1) is 16.2. The van der Waals surface area contributed by atoms with Crippen LogP contribution >= 0.6 is 0 Å². The quantitative estimate of drug-likeness (QED) is 0.154. The molecule has 14 nitrogen and oxygen atoms in total. The summed E-state index contributed by atoms with van der Waals surface area (Å²) in [6, 6.07) is 4.08. The number of carboxylic acids is 2. The van der Waals surface area contributed by atoms with Crippen LogP contribution in [0.4, 0.5) is 23.1 Å². The summed E-state index contributed by atoms with van der Waals surface area (Å²) in [4.78, 5) is 65.4. The fourth-order valence-electron chi connectivity index (χ4n) is 3.38. The molecule has 1 unspecified atom stereocenters. The van der Waals surface area contributed by atoms with Crippen LogP contribution in [0.5, 0.6) is 0 Å². The Hall–Kier alpha value is -3.36. The Bertz CT molecular complexity index is 1160. The SMILES string of the molecule is Nc1nc2c(c(=O)[nH]1)N(C=O)[C@@H](CNc1ccc(C(=O)NC(CCC(=O)[O-])C(=O)[O-])cc1)CN2.[Ca+2]. The molecular formula is C20H21CaN7O7. The number of nitrogens with one attached hydrogen (secondary N) is 4. The van der Waals surface area contributed by atoms with Gasteiger partial charge in [-0.3, -0.25) is 19.4 Å². The minimum atomic E-state index is -1.60. The molecule has 2 atom stereocenters. The molecule has 15 heteroatoms. The van der Waals surface area contributed by atoms with E-state index in [1.54, 1.807) is 12.1 Å². The molecular weight excluding hydrogens is 490 g/mol. The van der Waals surface area contributed by atoms with E-state index in [9.17, 15) is 34.2 Å². The minimum Gasteiger partial charge on any atom is -0.550 e. The van der Waals surface area contributed by atoms with Gasteiger partial charge in [-0.25, -0.2) is 0 Å². The Kier molecular flexibility index (Phi) is 9.86. The average molecular weight is 512 g/mol. The van der Waals surface area contributed by atoms with E-state index in [2.05, 4.69) is 25.9 Å². The standard InChI is InChI=1S/C20H23N7O7.Ca/c21-20-25-16-15(18(32)26-20)27(9-28)12(8-23-16)7-22-11-3-1-10(2-4-11)17(31)24-13(19(33)34)5-6-14(29)30;/h1-4,9,12-13,22H,5-8H2,(H,24,31)(H,29,30)(H,33,34)(H4,21,23,25,26,32);/q;+2/p-2/t12-,13?;/m0./s1. The molecule has 0 radical (unpaired) electrons. The van der Waals surface area contributed by atoms with E-state index in [4.69, 9.17) is 5.73 Å². The van der Waals surface area contributed by atoms with Gasteiger partial charge in [0.1, 0.15) is 0 Å². The largest absolute Gasteiger partial charge is 2.00 e. The zero-order valence-electron chi connectivity index (χ0n) is 18.4. The third-order valence-electron chi connectivity index (χ3n) is 5.10. The number of rotatable bonds is 10. The van der Waals surface area contributed by atoms with E-state index in [1.165, 1.54) is 17.0 Å². The maximum atomic E-state index is 12.3. The van der Waals surface area contributed by atoms with Crippen molar-refractivity contribution in [3.8, 4) is 0 Å². The molecule has 2 heterocycles. The van der Waals surface area contributed by atoms with Gasteiger partial charge in [0.15, 0.2) is 11.5 Å². The Morgan fingerprint density at radius 1 is 1.26 bits per heavy atom. The van der Waals surface area contributed by atoms with Crippen LogP contribution in [0.25, 0.3) is 0 Å². The number of hydrogen-bond acceptors (Lipinski definition) is 11. The van der Waals surface area contributed by atoms with Gasteiger partial charge in [0.25, 0.3) is 11.5 Å². The number of aliphatic carboxylic acids is 2. The molecule has 1 aliphatic rings. The van der Waals surface area contributed by atoms with Gasteiger partial charge in [-0.05, 0) is 37.1 Å². The molecule has 0 saturated carbocycles. The average Bonchev–Trinajstić information content (AvgIpc) is 2.79. The second-order valence-corrected chi connectivity index (χ2v) is 7.41. The molecule has 0 aliphatic carbocycles. The van der Waals surface area contributed by atoms with Crippen LogP contribution in [0.1, 0.15) is 23.2 Å². The van der Waals surface area contributed by atoms with Crippen LogP contribution in [0.2, 0.25) is 0 Å². The summed E-state index contributed by atoms with van der Waals surface area (Å²) in [5.41, 5.74) is 5.75. The van der Waals surface area contributed by atoms with E-state index in [0.717, 1.165) is 0 Å². The fourth-order valence-corrected chi connectivity index (χ4v) is 3.38. The Morgan fingerprint density at radius 2 is 1.94 bits per heavy atom.